The van der Waals surface area contributed by atoms with Gasteiger partial charge in [-0.05, 0) is 48.9 Å². The summed E-state index contributed by atoms with van der Waals surface area (Å²) in [5.41, 5.74) is 3.50. The third-order valence-electron chi connectivity index (χ3n) is 4.13. The molecule has 1 aliphatic heterocycles. The Hall–Kier alpha value is -2.18. The Labute approximate surface area is 162 Å². The normalized spacial score (nSPS) is 15.8. The highest BCUT2D eigenvalue weighted by Gasteiger charge is 2.29. The molecule has 2 N–H and O–H groups in total. The van der Waals surface area contributed by atoms with Crippen LogP contribution in [0.25, 0.3) is 0 Å². The van der Waals surface area contributed by atoms with Crippen LogP contribution in [0.1, 0.15) is 12.0 Å². The van der Waals surface area contributed by atoms with Crippen molar-refractivity contribution in [3.8, 4) is 0 Å². The molecule has 2 amide bonds. The lowest BCUT2D eigenvalue weighted by Gasteiger charge is -2.24. The second-order valence-electron chi connectivity index (χ2n) is 6.38. The minimum atomic E-state index is -0.468. The Morgan fingerprint density at radius 1 is 1.27 bits per heavy atom. The zero-order valence-electron chi connectivity index (χ0n) is 14.8. The van der Waals surface area contributed by atoms with Crippen molar-refractivity contribution in [1.29, 1.82) is 0 Å². The molecule has 3 rings (SSSR count). The number of benzene rings is 2. The van der Waals surface area contributed by atoms with Crippen LogP contribution >= 0.6 is 23.4 Å². The monoisotopic (exact) mass is 389 g/mol. The van der Waals surface area contributed by atoms with Crippen molar-refractivity contribution >= 4 is 52.2 Å². The van der Waals surface area contributed by atoms with Crippen molar-refractivity contribution in [1.82, 2.24) is 0 Å². The smallest absolute Gasteiger partial charge is 0.238 e. The van der Waals surface area contributed by atoms with Gasteiger partial charge in [0.25, 0.3) is 0 Å². The fraction of sp³-hybridized carbons (Fsp3) is 0.263. The largest absolute Gasteiger partial charge is 0.378 e. The Bertz CT molecular complexity index is 870. The summed E-state index contributed by atoms with van der Waals surface area (Å²) in [6.07, 6.45) is 0.105. The Morgan fingerprint density at radius 2 is 2.04 bits per heavy atom. The fourth-order valence-corrected chi connectivity index (χ4v) is 3.96. The Kier molecular flexibility index (Phi) is 5.44. The van der Waals surface area contributed by atoms with Crippen molar-refractivity contribution < 1.29 is 9.59 Å². The van der Waals surface area contributed by atoms with Crippen LogP contribution in [0.3, 0.4) is 0 Å². The van der Waals surface area contributed by atoms with Crippen LogP contribution in [0.2, 0.25) is 5.02 Å². The summed E-state index contributed by atoms with van der Waals surface area (Å²) >= 11 is 7.34. The summed E-state index contributed by atoms with van der Waals surface area (Å²) in [4.78, 5) is 27.6. The molecule has 0 bridgehead atoms. The number of hydrogen-bond acceptors (Lipinski definition) is 4. The quantitative estimate of drug-likeness (QED) is 0.824. The Balaban J connectivity index is 1.67. The number of anilines is 3. The fourth-order valence-electron chi connectivity index (χ4n) is 2.69. The third-order valence-corrected chi connectivity index (χ3v) is 5.64. The van der Waals surface area contributed by atoms with Crippen LogP contribution in [-0.2, 0) is 9.59 Å². The van der Waals surface area contributed by atoms with E-state index in [2.05, 4.69) is 10.6 Å². The van der Waals surface area contributed by atoms with Gasteiger partial charge in [-0.1, -0.05) is 11.6 Å². The first-order valence-corrected chi connectivity index (χ1v) is 9.44. The summed E-state index contributed by atoms with van der Waals surface area (Å²) in [6, 6.07) is 11.2. The van der Waals surface area contributed by atoms with Crippen molar-refractivity contribution in [2.24, 2.45) is 0 Å². The topological polar surface area (TPSA) is 61.4 Å². The summed E-state index contributed by atoms with van der Waals surface area (Å²) in [5.74, 6) is -0.365. The molecule has 1 atom stereocenters. The van der Waals surface area contributed by atoms with Gasteiger partial charge in [-0.3, -0.25) is 9.59 Å². The third kappa shape index (κ3) is 4.14. The van der Waals surface area contributed by atoms with E-state index in [9.17, 15) is 9.59 Å². The van der Waals surface area contributed by atoms with Crippen molar-refractivity contribution in [3.63, 3.8) is 0 Å². The molecule has 0 aromatic heterocycles. The van der Waals surface area contributed by atoms with Crippen LogP contribution in [0.15, 0.2) is 41.3 Å². The molecule has 0 aliphatic carbocycles. The van der Waals surface area contributed by atoms with Gasteiger partial charge in [0.15, 0.2) is 0 Å². The van der Waals surface area contributed by atoms with Crippen LogP contribution in [0, 0.1) is 6.92 Å². The first-order chi connectivity index (χ1) is 12.3. The average Bonchev–Trinajstić information content (AvgIpc) is 2.57. The molecule has 2 aromatic carbocycles. The number of aryl methyl sites for hydroxylation is 1. The highest BCUT2D eigenvalue weighted by Crippen LogP contribution is 2.38. The van der Waals surface area contributed by atoms with Crippen molar-refractivity contribution in [2.45, 2.75) is 23.5 Å². The van der Waals surface area contributed by atoms with Crippen LogP contribution in [0.5, 0.6) is 0 Å². The lowest BCUT2D eigenvalue weighted by molar-refractivity contribution is -0.120. The molecule has 0 fully saturated rings. The molecule has 1 aliphatic rings. The summed E-state index contributed by atoms with van der Waals surface area (Å²) in [6.45, 7) is 1.95. The summed E-state index contributed by atoms with van der Waals surface area (Å²) in [5, 5.41) is 5.83. The molecule has 0 saturated heterocycles. The van der Waals surface area contributed by atoms with Crippen molar-refractivity contribution in [2.75, 3.05) is 29.6 Å². The van der Waals surface area contributed by atoms with E-state index < -0.39 is 5.25 Å². The van der Waals surface area contributed by atoms with E-state index in [4.69, 9.17) is 11.6 Å². The van der Waals surface area contributed by atoms with Crippen LogP contribution in [-0.4, -0.2) is 31.2 Å². The number of carbonyl (C=O) groups is 2. The second-order valence-corrected chi connectivity index (χ2v) is 8.06. The van der Waals surface area contributed by atoms with Gasteiger partial charge in [-0.2, -0.15) is 0 Å². The van der Waals surface area contributed by atoms with E-state index in [-0.39, 0.29) is 18.2 Å². The molecule has 0 spiro atoms. The van der Waals surface area contributed by atoms with Gasteiger partial charge in [-0.15, -0.1) is 11.8 Å². The van der Waals surface area contributed by atoms with Gasteiger partial charge in [-0.25, -0.2) is 0 Å². The first-order valence-electron chi connectivity index (χ1n) is 8.18. The predicted molar refractivity (Wildman–Crippen MR) is 108 cm³/mol. The second kappa shape index (κ2) is 7.60. The van der Waals surface area contributed by atoms with E-state index in [0.29, 0.717) is 10.7 Å². The van der Waals surface area contributed by atoms with Gasteiger partial charge >= 0.3 is 0 Å². The van der Waals surface area contributed by atoms with E-state index in [1.807, 2.05) is 50.2 Å². The molecule has 0 radical (unpaired) electrons. The van der Waals surface area contributed by atoms with Gasteiger partial charge in [0, 0.05) is 41.8 Å². The Morgan fingerprint density at radius 3 is 2.73 bits per heavy atom. The molecule has 1 heterocycles. The maximum Gasteiger partial charge on any atom is 0.238 e. The standard InChI is InChI=1S/C19H20ClN3O2S/c1-11-8-13(23(2)3)5-6-14(11)21-18(24)10-17-19(25)22-15-9-12(20)4-7-16(15)26-17/h4-9,17H,10H2,1-3H3,(H,21,24)(H,22,25). The van der Waals surface area contributed by atoms with Crippen molar-refractivity contribution in [3.05, 3.63) is 47.0 Å². The highest BCUT2D eigenvalue weighted by molar-refractivity contribution is 8.01. The zero-order chi connectivity index (χ0) is 18.8. The number of thioether (sulfide) groups is 1. The van der Waals surface area contributed by atoms with Gasteiger partial charge in [0.2, 0.25) is 11.8 Å². The number of halogens is 1. The average molecular weight is 390 g/mol. The SMILES string of the molecule is Cc1cc(N(C)C)ccc1NC(=O)CC1Sc2ccc(Cl)cc2NC1=O. The molecule has 26 heavy (non-hydrogen) atoms. The van der Waals surface area contributed by atoms with Gasteiger partial charge in [0.05, 0.1) is 10.9 Å². The highest BCUT2D eigenvalue weighted by atomic mass is 35.5. The molecular weight excluding hydrogens is 370 g/mol. The molecule has 0 saturated carbocycles. The number of carbonyl (C=O) groups excluding carboxylic acids is 2. The van der Waals surface area contributed by atoms with E-state index in [1.165, 1.54) is 11.8 Å². The molecule has 136 valence electrons. The molecule has 2 aromatic rings. The number of nitrogens with zero attached hydrogens (tertiary/aromatic N) is 1. The number of hydrogen-bond donors (Lipinski definition) is 2. The molecule has 7 heteroatoms. The minimum Gasteiger partial charge on any atom is -0.378 e. The molecular formula is C19H20ClN3O2S. The summed E-state index contributed by atoms with van der Waals surface area (Å²) < 4.78 is 0. The number of rotatable bonds is 4. The van der Waals surface area contributed by atoms with E-state index in [0.717, 1.165) is 21.8 Å². The zero-order valence-corrected chi connectivity index (χ0v) is 16.4. The lowest BCUT2D eigenvalue weighted by atomic mass is 10.1. The van der Waals surface area contributed by atoms with Gasteiger partial charge in [0.1, 0.15) is 0 Å². The predicted octanol–water partition coefficient (Wildman–Crippen LogP) is 4.16. The lowest BCUT2D eigenvalue weighted by Crippen LogP contribution is -2.32. The number of amides is 2. The number of nitrogens with one attached hydrogen (secondary N) is 2. The maximum atomic E-state index is 12.4. The summed E-state index contributed by atoms with van der Waals surface area (Å²) in [7, 11) is 3.94. The van der Waals surface area contributed by atoms with E-state index >= 15 is 0 Å². The maximum absolute atomic E-state index is 12.4. The first kappa shape index (κ1) is 18.6. The van der Waals surface area contributed by atoms with Crippen LogP contribution in [0.4, 0.5) is 17.1 Å². The minimum absolute atomic E-state index is 0.105. The molecule has 5 nitrogen and oxygen atoms in total. The van der Waals surface area contributed by atoms with Crippen LogP contribution < -0.4 is 15.5 Å². The number of fused-ring (bicyclic) bond motifs is 1. The van der Waals surface area contributed by atoms with Gasteiger partial charge < -0.3 is 15.5 Å². The van der Waals surface area contributed by atoms with E-state index in [1.54, 1.807) is 12.1 Å². The molecule has 1 unspecified atom stereocenters.